The lowest BCUT2D eigenvalue weighted by Gasteiger charge is -2.29. The van der Waals surface area contributed by atoms with E-state index >= 15 is 0 Å². The molecule has 120 valence electrons. The normalized spacial score (nSPS) is 13.7. The number of ether oxygens (including phenoxy) is 1. The molecule has 0 aromatic rings. The van der Waals surface area contributed by atoms with Gasteiger partial charge in [-0.05, 0) is 19.3 Å². The summed E-state index contributed by atoms with van der Waals surface area (Å²) in [5, 5.41) is 10.7. The Bertz CT molecular complexity index is 380. The molecule has 1 atom stereocenters. The molecule has 5 heteroatoms. The lowest BCUT2D eigenvalue weighted by Crippen LogP contribution is -2.45. The van der Waals surface area contributed by atoms with E-state index < -0.39 is 18.0 Å². The summed E-state index contributed by atoms with van der Waals surface area (Å²) in [5.74, 6) is -1.72. The number of likely N-dealkylation sites (N-methyl/N-ethyl adjacent to an activating group) is 1. The molecular weight excluding hydrogens is 270 g/mol. The van der Waals surface area contributed by atoms with Crippen molar-refractivity contribution in [1.82, 2.24) is 0 Å². The van der Waals surface area contributed by atoms with Crippen LogP contribution in [0.1, 0.15) is 32.6 Å². The number of hydrogen-bond acceptors (Lipinski definition) is 4. The fourth-order valence-corrected chi connectivity index (χ4v) is 1.80. The van der Waals surface area contributed by atoms with Crippen LogP contribution >= 0.6 is 0 Å². The number of aliphatic carboxylic acids is 1. The van der Waals surface area contributed by atoms with Crippen LogP contribution in [-0.4, -0.2) is 50.2 Å². The minimum atomic E-state index is -1.21. The van der Waals surface area contributed by atoms with Crippen LogP contribution in [0.25, 0.3) is 0 Å². The van der Waals surface area contributed by atoms with Crippen LogP contribution < -0.4 is 5.11 Å². The molecule has 0 heterocycles. The Hall–Kier alpha value is -1.62. The molecule has 5 nitrogen and oxygen atoms in total. The number of esters is 1. The molecule has 0 aromatic carbocycles. The summed E-state index contributed by atoms with van der Waals surface area (Å²) in [6.45, 7) is 2.49. The Morgan fingerprint density at radius 3 is 2.29 bits per heavy atom. The van der Waals surface area contributed by atoms with Crippen LogP contribution in [0.3, 0.4) is 0 Å². The van der Waals surface area contributed by atoms with Crippen molar-refractivity contribution in [3.63, 3.8) is 0 Å². The first-order valence-electron chi connectivity index (χ1n) is 7.27. The molecule has 1 unspecified atom stereocenters. The second-order valence-corrected chi connectivity index (χ2v) is 5.97. The molecule has 0 fully saturated rings. The van der Waals surface area contributed by atoms with Gasteiger partial charge in [0.25, 0.3) is 0 Å². The number of carboxylic acid groups (broad SMARTS) is 1. The lowest BCUT2D eigenvalue weighted by atomic mass is 10.2. The number of nitrogens with zero attached hydrogens (tertiary/aromatic N) is 1. The highest BCUT2D eigenvalue weighted by molar-refractivity contribution is 5.82. The van der Waals surface area contributed by atoms with Crippen molar-refractivity contribution >= 4 is 11.9 Å². The largest absolute Gasteiger partial charge is 0.550 e. The first-order chi connectivity index (χ1) is 9.74. The highest BCUT2D eigenvalue weighted by atomic mass is 16.5. The lowest BCUT2D eigenvalue weighted by molar-refractivity contribution is -0.873. The van der Waals surface area contributed by atoms with Crippen LogP contribution in [0.2, 0.25) is 0 Å². The number of hydrogen-bond donors (Lipinski definition) is 0. The average Bonchev–Trinajstić information content (AvgIpc) is 2.30. The molecule has 0 aliphatic rings. The third-order valence-electron chi connectivity index (χ3n) is 2.58. The van der Waals surface area contributed by atoms with E-state index in [1.165, 1.54) is 6.08 Å². The van der Waals surface area contributed by atoms with Gasteiger partial charge in [0.15, 0.2) is 6.10 Å². The molecule has 0 bridgehead atoms. The van der Waals surface area contributed by atoms with Gasteiger partial charge in [0.05, 0.1) is 21.1 Å². The number of carboxylic acids is 1. The molecule has 0 spiro atoms. The molecule has 0 amide bonds. The van der Waals surface area contributed by atoms with E-state index in [9.17, 15) is 14.7 Å². The van der Waals surface area contributed by atoms with Gasteiger partial charge in [-0.2, -0.15) is 0 Å². The molecule has 0 N–H and O–H groups in total. The zero-order chi connectivity index (χ0) is 16.3. The summed E-state index contributed by atoms with van der Waals surface area (Å²) in [5.41, 5.74) is 0. The van der Waals surface area contributed by atoms with Crippen molar-refractivity contribution in [2.75, 3.05) is 27.7 Å². The molecule has 0 aromatic heterocycles. The van der Waals surface area contributed by atoms with Crippen molar-refractivity contribution in [2.45, 2.75) is 38.7 Å². The minimum Gasteiger partial charge on any atom is -0.550 e. The van der Waals surface area contributed by atoms with Gasteiger partial charge in [-0.1, -0.05) is 25.2 Å². The van der Waals surface area contributed by atoms with Crippen LogP contribution in [0, 0.1) is 0 Å². The number of allylic oxidation sites excluding steroid dienone is 3. The molecule has 21 heavy (non-hydrogen) atoms. The summed E-state index contributed by atoms with van der Waals surface area (Å²) >= 11 is 0. The summed E-state index contributed by atoms with van der Waals surface area (Å²) in [7, 11) is 5.73. The van der Waals surface area contributed by atoms with Gasteiger partial charge in [-0.3, -0.25) is 0 Å². The Balaban J connectivity index is 4.29. The Morgan fingerprint density at radius 1 is 1.14 bits per heavy atom. The van der Waals surface area contributed by atoms with E-state index in [1.54, 1.807) is 6.08 Å². The second kappa shape index (κ2) is 10.2. The van der Waals surface area contributed by atoms with Crippen molar-refractivity contribution in [3.05, 3.63) is 24.3 Å². The third-order valence-corrected chi connectivity index (χ3v) is 2.58. The smallest absolute Gasteiger partial charge is 0.330 e. The van der Waals surface area contributed by atoms with E-state index in [-0.39, 0.29) is 6.42 Å². The number of rotatable bonds is 10. The molecule has 0 aliphatic heterocycles. The third kappa shape index (κ3) is 13.1. The van der Waals surface area contributed by atoms with Crippen molar-refractivity contribution < 1.29 is 23.9 Å². The zero-order valence-electron chi connectivity index (χ0n) is 13.5. The summed E-state index contributed by atoms with van der Waals surface area (Å²) < 4.78 is 5.70. The van der Waals surface area contributed by atoms with E-state index in [0.29, 0.717) is 11.0 Å². The van der Waals surface area contributed by atoms with Crippen molar-refractivity contribution in [3.8, 4) is 0 Å². The van der Waals surface area contributed by atoms with Gasteiger partial charge in [0, 0.05) is 18.5 Å². The molecule has 0 saturated carbocycles. The van der Waals surface area contributed by atoms with Gasteiger partial charge in [-0.25, -0.2) is 4.79 Å². The number of carbonyl (C=O) groups excluding carboxylic acids is 2. The monoisotopic (exact) mass is 297 g/mol. The molecular formula is C16H27NO4. The molecule has 0 rings (SSSR count). The standard InChI is InChI=1S/C16H27NO4/c1-5-6-7-8-9-10-11-16(20)21-14(12-15(18)19)13-17(2,3)4/h6-7,10-11,14H,5,8-9,12-13H2,1-4H3/b7-6+,11-10+. The van der Waals surface area contributed by atoms with Gasteiger partial charge in [-0.15, -0.1) is 0 Å². The van der Waals surface area contributed by atoms with E-state index in [1.807, 2.05) is 21.1 Å². The molecule has 0 aliphatic carbocycles. The van der Waals surface area contributed by atoms with Gasteiger partial charge in [0.1, 0.15) is 6.54 Å². The number of unbranched alkanes of at least 4 members (excludes halogenated alkanes) is 1. The quantitative estimate of drug-likeness (QED) is 0.199. The first kappa shape index (κ1) is 19.4. The topological polar surface area (TPSA) is 66.4 Å². The summed E-state index contributed by atoms with van der Waals surface area (Å²) in [4.78, 5) is 22.4. The predicted octanol–water partition coefficient (Wildman–Crippen LogP) is 1.05. The van der Waals surface area contributed by atoms with Crippen LogP contribution in [0.15, 0.2) is 24.3 Å². The van der Waals surface area contributed by atoms with Gasteiger partial charge in [0.2, 0.25) is 0 Å². The number of quaternary nitrogens is 1. The Morgan fingerprint density at radius 2 is 1.76 bits per heavy atom. The summed E-state index contributed by atoms with van der Waals surface area (Å²) in [6, 6.07) is 0. The fourth-order valence-electron chi connectivity index (χ4n) is 1.80. The van der Waals surface area contributed by atoms with Gasteiger partial charge >= 0.3 is 5.97 Å². The van der Waals surface area contributed by atoms with E-state index in [4.69, 9.17) is 4.74 Å². The Kier molecular flexibility index (Phi) is 9.37. The minimum absolute atomic E-state index is 0.283. The maximum atomic E-state index is 11.7. The average molecular weight is 297 g/mol. The fraction of sp³-hybridized carbons (Fsp3) is 0.625. The highest BCUT2D eigenvalue weighted by Gasteiger charge is 2.21. The van der Waals surface area contributed by atoms with Crippen LogP contribution in [0.4, 0.5) is 0 Å². The van der Waals surface area contributed by atoms with Crippen LogP contribution in [-0.2, 0) is 14.3 Å². The maximum Gasteiger partial charge on any atom is 0.330 e. The zero-order valence-corrected chi connectivity index (χ0v) is 13.5. The molecule has 0 radical (unpaired) electrons. The number of carbonyl (C=O) groups is 2. The van der Waals surface area contributed by atoms with Gasteiger partial charge < -0.3 is 19.1 Å². The second-order valence-electron chi connectivity index (χ2n) is 5.97. The van der Waals surface area contributed by atoms with Crippen molar-refractivity contribution in [2.24, 2.45) is 0 Å². The highest BCUT2D eigenvalue weighted by Crippen LogP contribution is 2.05. The van der Waals surface area contributed by atoms with E-state index in [0.717, 1.165) is 19.3 Å². The Labute approximate surface area is 127 Å². The summed E-state index contributed by atoms with van der Waals surface area (Å²) in [6.07, 6.45) is 8.91. The SMILES string of the molecule is CC/C=C/CC/C=C/C(=O)OC(CC(=O)[O-])C[N+](C)(C)C. The first-order valence-corrected chi connectivity index (χ1v) is 7.27. The maximum absolute atomic E-state index is 11.7. The van der Waals surface area contributed by atoms with Crippen LogP contribution in [0.5, 0.6) is 0 Å². The van der Waals surface area contributed by atoms with E-state index in [2.05, 4.69) is 19.1 Å². The molecule has 0 saturated heterocycles. The van der Waals surface area contributed by atoms with Crippen molar-refractivity contribution in [1.29, 1.82) is 0 Å². The predicted molar refractivity (Wildman–Crippen MR) is 80.2 cm³/mol.